The maximum Gasteiger partial charge on any atom is 0.124 e. The van der Waals surface area contributed by atoms with E-state index >= 15 is 0 Å². The van der Waals surface area contributed by atoms with E-state index in [2.05, 4.69) is 12.2 Å². The molecule has 0 amide bonds. The molecule has 0 bridgehead atoms. The van der Waals surface area contributed by atoms with Crippen molar-refractivity contribution in [3.63, 3.8) is 0 Å². The molecule has 1 nitrogen and oxygen atoms in total. The molecule has 0 heterocycles. The second-order valence-electron chi connectivity index (χ2n) is 6.04. The number of halogens is 2. The number of hydrogen-bond donors (Lipinski definition) is 1. The molecule has 1 aromatic carbocycles. The van der Waals surface area contributed by atoms with Crippen LogP contribution in [0.1, 0.15) is 38.2 Å². The van der Waals surface area contributed by atoms with Crippen LogP contribution >= 0.6 is 11.6 Å². The molecule has 0 unspecified atom stereocenters. The highest BCUT2D eigenvalue weighted by Crippen LogP contribution is 2.69. The predicted octanol–water partition coefficient (Wildman–Crippen LogP) is 3.90. The number of nitrogens with one attached hydrogen (secondary N) is 1. The normalized spacial score (nSPS) is 22.8. The summed E-state index contributed by atoms with van der Waals surface area (Å²) in [4.78, 5) is 0. The minimum atomic E-state index is -0.247. The Morgan fingerprint density at radius 2 is 2.06 bits per heavy atom. The molecular weight excluding hydrogens is 249 g/mol. The fourth-order valence-electron chi connectivity index (χ4n) is 3.61. The summed E-state index contributed by atoms with van der Waals surface area (Å²) < 4.78 is 13.2. The molecule has 2 saturated carbocycles. The third-order valence-electron chi connectivity index (χ3n) is 4.60. The zero-order chi connectivity index (χ0) is 12.8. The van der Waals surface area contributed by atoms with Crippen LogP contribution in [0.4, 0.5) is 4.39 Å². The highest BCUT2D eigenvalue weighted by molar-refractivity contribution is 6.31. The van der Waals surface area contributed by atoms with E-state index in [1.54, 1.807) is 0 Å². The zero-order valence-electron chi connectivity index (χ0n) is 10.7. The summed E-state index contributed by atoms with van der Waals surface area (Å²) in [6.45, 7) is 4.04. The monoisotopic (exact) mass is 267 g/mol. The molecule has 1 spiro atoms. The summed E-state index contributed by atoms with van der Waals surface area (Å²) in [5, 5.41) is 4.03. The molecular formula is C15H19ClFN. The molecule has 18 heavy (non-hydrogen) atoms. The Kier molecular flexibility index (Phi) is 2.91. The molecule has 0 saturated heterocycles. The van der Waals surface area contributed by atoms with Gasteiger partial charge in [0.2, 0.25) is 0 Å². The van der Waals surface area contributed by atoms with Crippen LogP contribution in [0.15, 0.2) is 18.2 Å². The van der Waals surface area contributed by atoms with E-state index in [4.69, 9.17) is 11.6 Å². The largest absolute Gasteiger partial charge is 0.316 e. The number of benzene rings is 1. The lowest BCUT2D eigenvalue weighted by molar-refractivity contribution is 0.117. The zero-order valence-corrected chi connectivity index (χ0v) is 11.5. The van der Waals surface area contributed by atoms with Crippen molar-refractivity contribution in [1.82, 2.24) is 5.32 Å². The number of rotatable bonds is 4. The van der Waals surface area contributed by atoms with Gasteiger partial charge >= 0.3 is 0 Å². The highest BCUT2D eigenvalue weighted by atomic mass is 35.5. The fourth-order valence-corrected chi connectivity index (χ4v) is 3.98. The van der Waals surface area contributed by atoms with Gasteiger partial charge in [0.05, 0.1) is 0 Å². The molecule has 1 N–H and O–H groups in total. The van der Waals surface area contributed by atoms with Crippen molar-refractivity contribution in [2.75, 3.05) is 13.1 Å². The van der Waals surface area contributed by atoms with Crippen molar-refractivity contribution < 1.29 is 4.39 Å². The first-order valence-corrected chi connectivity index (χ1v) is 7.13. The topological polar surface area (TPSA) is 12.0 Å². The third-order valence-corrected chi connectivity index (χ3v) is 4.91. The summed E-state index contributed by atoms with van der Waals surface area (Å²) in [6, 6.07) is 4.86. The number of likely N-dealkylation sites (N-methyl/N-ethyl adjacent to an activating group) is 1. The van der Waals surface area contributed by atoms with Gasteiger partial charge in [-0.15, -0.1) is 0 Å². The summed E-state index contributed by atoms with van der Waals surface area (Å²) in [5.41, 5.74) is 1.87. The molecule has 2 aliphatic carbocycles. The van der Waals surface area contributed by atoms with E-state index in [-0.39, 0.29) is 11.2 Å². The van der Waals surface area contributed by atoms with Gasteiger partial charge < -0.3 is 5.32 Å². The van der Waals surface area contributed by atoms with Crippen molar-refractivity contribution in [3.8, 4) is 0 Å². The maximum absolute atomic E-state index is 13.2. The van der Waals surface area contributed by atoms with Gasteiger partial charge in [-0.2, -0.15) is 0 Å². The summed E-state index contributed by atoms with van der Waals surface area (Å²) in [5.74, 6) is -0.247. The Bertz CT molecular complexity index is 460. The molecule has 98 valence electrons. The average molecular weight is 268 g/mol. The quantitative estimate of drug-likeness (QED) is 0.872. The van der Waals surface area contributed by atoms with E-state index in [9.17, 15) is 4.39 Å². The molecule has 0 aromatic heterocycles. The van der Waals surface area contributed by atoms with Crippen molar-refractivity contribution in [2.24, 2.45) is 5.41 Å². The molecule has 3 rings (SSSR count). The van der Waals surface area contributed by atoms with E-state index in [0.717, 1.165) is 18.7 Å². The third kappa shape index (κ3) is 1.96. The van der Waals surface area contributed by atoms with Crippen LogP contribution in [0.2, 0.25) is 5.02 Å². The van der Waals surface area contributed by atoms with Gasteiger partial charge in [-0.1, -0.05) is 24.6 Å². The van der Waals surface area contributed by atoms with Crippen molar-refractivity contribution in [3.05, 3.63) is 34.6 Å². The van der Waals surface area contributed by atoms with E-state index < -0.39 is 0 Å². The van der Waals surface area contributed by atoms with Crippen molar-refractivity contribution >= 4 is 11.6 Å². The smallest absolute Gasteiger partial charge is 0.124 e. The minimum Gasteiger partial charge on any atom is -0.316 e. The van der Waals surface area contributed by atoms with Gasteiger partial charge in [0.25, 0.3) is 0 Å². The van der Waals surface area contributed by atoms with Gasteiger partial charge in [0.1, 0.15) is 5.82 Å². The van der Waals surface area contributed by atoms with Gasteiger partial charge in [-0.25, -0.2) is 4.39 Å². The van der Waals surface area contributed by atoms with E-state index in [0.29, 0.717) is 10.4 Å². The van der Waals surface area contributed by atoms with Crippen LogP contribution in [0.3, 0.4) is 0 Å². The lowest BCUT2D eigenvalue weighted by Gasteiger charge is -2.50. The van der Waals surface area contributed by atoms with Crippen LogP contribution < -0.4 is 5.32 Å². The molecule has 3 heteroatoms. The fraction of sp³-hybridized carbons (Fsp3) is 0.600. The first-order chi connectivity index (χ1) is 8.59. The average Bonchev–Trinajstić information content (AvgIpc) is 3.05. The first-order valence-electron chi connectivity index (χ1n) is 6.76. The Morgan fingerprint density at radius 3 is 2.61 bits per heavy atom. The van der Waals surface area contributed by atoms with Crippen LogP contribution in [0, 0.1) is 11.2 Å². The van der Waals surface area contributed by atoms with Gasteiger partial charge in [0.15, 0.2) is 0 Å². The SMILES string of the molecule is CCNCC1(c2ccc(F)cc2Cl)CC2(CC2)C1. The lowest BCUT2D eigenvalue weighted by Crippen LogP contribution is -2.49. The molecule has 0 radical (unpaired) electrons. The second-order valence-corrected chi connectivity index (χ2v) is 6.45. The predicted molar refractivity (Wildman–Crippen MR) is 72.5 cm³/mol. The standard InChI is InChI=1S/C15H19ClFN/c1-2-18-10-15(8-14(9-15)5-6-14)12-4-3-11(17)7-13(12)16/h3-4,7,18H,2,5-6,8-10H2,1H3. The summed E-state index contributed by atoms with van der Waals surface area (Å²) in [7, 11) is 0. The Balaban J connectivity index is 1.88. The van der Waals surface area contributed by atoms with Crippen LogP contribution in [0.25, 0.3) is 0 Å². The Hall–Kier alpha value is -0.600. The number of hydrogen-bond acceptors (Lipinski definition) is 1. The van der Waals surface area contributed by atoms with Crippen LogP contribution in [-0.2, 0) is 5.41 Å². The molecule has 0 atom stereocenters. The second kappa shape index (κ2) is 4.21. The molecule has 0 aliphatic heterocycles. The summed E-state index contributed by atoms with van der Waals surface area (Å²) >= 11 is 6.25. The highest BCUT2D eigenvalue weighted by Gasteiger charge is 2.61. The van der Waals surface area contributed by atoms with Crippen molar-refractivity contribution in [2.45, 2.75) is 38.0 Å². The Labute approximate surface area is 113 Å². The van der Waals surface area contributed by atoms with Crippen LogP contribution in [-0.4, -0.2) is 13.1 Å². The van der Waals surface area contributed by atoms with Gasteiger partial charge in [-0.3, -0.25) is 0 Å². The van der Waals surface area contributed by atoms with E-state index in [1.165, 1.54) is 37.8 Å². The van der Waals surface area contributed by atoms with Crippen molar-refractivity contribution in [1.29, 1.82) is 0 Å². The van der Waals surface area contributed by atoms with E-state index in [1.807, 2.05) is 6.07 Å². The minimum absolute atomic E-state index is 0.136. The molecule has 2 fully saturated rings. The molecule has 2 aliphatic rings. The maximum atomic E-state index is 13.2. The van der Waals surface area contributed by atoms with Gasteiger partial charge in [-0.05, 0) is 55.3 Å². The molecule has 1 aromatic rings. The van der Waals surface area contributed by atoms with Crippen LogP contribution in [0.5, 0.6) is 0 Å². The lowest BCUT2D eigenvalue weighted by atomic mass is 9.56. The Morgan fingerprint density at radius 1 is 1.33 bits per heavy atom. The summed E-state index contributed by atoms with van der Waals surface area (Å²) in [6.07, 6.45) is 5.14. The first kappa shape index (κ1) is 12.4. The van der Waals surface area contributed by atoms with Gasteiger partial charge in [0, 0.05) is 17.0 Å².